The molecule has 9 heteroatoms. The van der Waals surface area contributed by atoms with Crippen LogP contribution in [-0.2, 0) is 16.1 Å². The highest BCUT2D eigenvalue weighted by Gasteiger charge is 2.13. The molecule has 2 heterocycles. The van der Waals surface area contributed by atoms with Crippen LogP contribution in [0.15, 0.2) is 23.5 Å². The highest BCUT2D eigenvalue weighted by Crippen LogP contribution is 2.22. The zero-order valence-electron chi connectivity index (χ0n) is 10.4. The number of imidazole rings is 1. The van der Waals surface area contributed by atoms with E-state index in [-0.39, 0.29) is 12.4 Å². The van der Waals surface area contributed by atoms with E-state index in [1.54, 1.807) is 22.9 Å². The van der Waals surface area contributed by atoms with Gasteiger partial charge >= 0.3 is 12.1 Å². The number of carboxylic acid groups (broad SMARTS) is 1. The molecule has 2 aromatic heterocycles. The summed E-state index contributed by atoms with van der Waals surface area (Å²) in [5.41, 5.74) is 6.15. The minimum absolute atomic E-state index is 0.0675. The average molecular weight is 296 g/mol. The van der Waals surface area contributed by atoms with Crippen molar-refractivity contribution in [2.75, 3.05) is 12.4 Å². The molecule has 8 nitrogen and oxygen atoms in total. The van der Waals surface area contributed by atoms with Crippen LogP contribution in [0.4, 0.5) is 4.79 Å². The fourth-order valence-electron chi connectivity index (χ4n) is 1.61. The predicted molar refractivity (Wildman–Crippen MR) is 71.4 cm³/mol. The van der Waals surface area contributed by atoms with Crippen molar-refractivity contribution in [3.05, 3.63) is 18.3 Å². The zero-order chi connectivity index (χ0) is 14.5. The van der Waals surface area contributed by atoms with Crippen LogP contribution in [0.1, 0.15) is 0 Å². The van der Waals surface area contributed by atoms with Crippen molar-refractivity contribution in [2.24, 2.45) is 5.73 Å². The van der Waals surface area contributed by atoms with Gasteiger partial charge in [0.2, 0.25) is 0 Å². The van der Waals surface area contributed by atoms with Crippen LogP contribution < -0.4 is 5.73 Å². The zero-order valence-corrected chi connectivity index (χ0v) is 11.2. The first-order valence-electron chi connectivity index (χ1n) is 5.66. The summed E-state index contributed by atoms with van der Waals surface area (Å²) >= 11 is 1.08. The van der Waals surface area contributed by atoms with Crippen LogP contribution in [0, 0.1) is 0 Å². The normalized spacial score (nSPS) is 10.6. The quantitative estimate of drug-likeness (QED) is 0.753. The summed E-state index contributed by atoms with van der Waals surface area (Å²) in [4.78, 5) is 29.7. The number of aliphatic carboxylic acids is 1. The van der Waals surface area contributed by atoms with Gasteiger partial charge in [0.05, 0.1) is 12.3 Å². The molecule has 0 atom stereocenters. The van der Waals surface area contributed by atoms with E-state index in [2.05, 4.69) is 14.7 Å². The third-order valence-corrected chi connectivity index (χ3v) is 3.31. The van der Waals surface area contributed by atoms with Gasteiger partial charge in [-0.3, -0.25) is 4.79 Å². The Kier molecular flexibility index (Phi) is 4.41. The number of carboxylic acids is 1. The standard InChI is InChI=1S/C11H12N4O4S/c12-10(18)19-5-4-15-9-7(2-1-3-13-9)14-11(15)20-6-8(16)17/h1-3H,4-6H2,(H2,12,18)(H,16,17). The Morgan fingerprint density at radius 1 is 1.50 bits per heavy atom. The lowest BCUT2D eigenvalue weighted by Crippen LogP contribution is -2.17. The molecule has 0 aromatic carbocycles. The van der Waals surface area contributed by atoms with Gasteiger partial charge in [0.25, 0.3) is 0 Å². The van der Waals surface area contributed by atoms with Crippen LogP contribution in [-0.4, -0.2) is 44.1 Å². The Morgan fingerprint density at radius 2 is 2.30 bits per heavy atom. The summed E-state index contributed by atoms with van der Waals surface area (Å²) in [5.74, 6) is -1.05. The SMILES string of the molecule is NC(=O)OCCn1c(SCC(=O)O)nc2cccnc21. The largest absolute Gasteiger partial charge is 0.481 e. The topological polar surface area (TPSA) is 120 Å². The second-order valence-corrected chi connectivity index (χ2v) is 4.68. The molecule has 0 saturated heterocycles. The number of amides is 1. The molecule has 0 aliphatic rings. The molecule has 0 saturated carbocycles. The molecular formula is C11H12N4O4S. The Hall–Kier alpha value is -2.29. The van der Waals surface area contributed by atoms with Crippen molar-refractivity contribution < 1.29 is 19.4 Å². The predicted octanol–water partition coefficient (Wildman–Crippen LogP) is 0.703. The number of primary amides is 1. The average Bonchev–Trinajstić information content (AvgIpc) is 2.74. The second-order valence-electron chi connectivity index (χ2n) is 3.74. The van der Waals surface area contributed by atoms with E-state index in [0.29, 0.717) is 22.9 Å². The fraction of sp³-hybridized carbons (Fsp3) is 0.273. The smallest absolute Gasteiger partial charge is 0.404 e. The number of hydrogen-bond donors (Lipinski definition) is 2. The molecule has 1 amide bonds. The van der Waals surface area contributed by atoms with Crippen molar-refractivity contribution in [3.63, 3.8) is 0 Å². The summed E-state index contributed by atoms with van der Waals surface area (Å²) in [5, 5.41) is 9.24. The number of aromatic nitrogens is 3. The van der Waals surface area contributed by atoms with Crippen LogP contribution in [0.5, 0.6) is 0 Å². The number of pyridine rings is 1. The summed E-state index contributed by atoms with van der Waals surface area (Å²) in [6.07, 6.45) is 0.753. The first kappa shape index (κ1) is 14.1. The lowest BCUT2D eigenvalue weighted by molar-refractivity contribution is -0.133. The van der Waals surface area contributed by atoms with Gasteiger partial charge in [-0.05, 0) is 12.1 Å². The second kappa shape index (κ2) is 6.24. The minimum atomic E-state index is -0.935. The van der Waals surface area contributed by atoms with Gasteiger partial charge < -0.3 is 20.1 Å². The number of carbonyl (C=O) groups excluding carboxylic acids is 1. The van der Waals surface area contributed by atoms with E-state index in [0.717, 1.165) is 11.8 Å². The third-order valence-electron chi connectivity index (χ3n) is 2.35. The van der Waals surface area contributed by atoms with E-state index in [4.69, 9.17) is 10.8 Å². The van der Waals surface area contributed by atoms with E-state index >= 15 is 0 Å². The Balaban J connectivity index is 2.24. The molecule has 0 spiro atoms. The van der Waals surface area contributed by atoms with Crippen molar-refractivity contribution in [1.29, 1.82) is 0 Å². The highest BCUT2D eigenvalue weighted by molar-refractivity contribution is 7.99. The maximum Gasteiger partial charge on any atom is 0.404 e. The first-order valence-corrected chi connectivity index (χ1v) is 6.64. The molecule has 0 fully saturated rings. The van der Waals surface area contributed by atoms with Crippen molar-refractivity contribution in [3.8, 4) is 0 Å². The van der Waals surface area contributed by atoms with Crippen molar-refractivity contribution in [2.45, 2.75) is 11.7 Å². The number of thioether (sulfide) groups is 1. The summed E-state index contributed by atoms with van der Waals surface area (Å²) in [6.45, 7) is 0.371. The summed E-state index contributed by atoms with van der Waals surface area (Å²) in [7, 11) is 0. The monoisotopic (exact) mass is 296 g/mol. The van der Waals surface area contributed by atoms with Crippen LogP contribution >= 0.6 is 11.8 Å². The molecule has 106 valence electrons. The molecule has 20 heavy (non-hydrogen) atoms. The maximum absolute atomic E-state index is 10.6. The molecule has 0 unspecified atom stereocenters. The van der Waals surface area contributed by atoms with Crippen molar-refractivity contribution >= 4 is 35.0 Å². The van der Waals surface area contributed by atoms with Crippen molar-refractivity contribution in [1.82, 2.24) is 14.5 Å². The Morgan fingerprint density at radius 3 is 3.00 bits per heavy atom. The van der Waals surface area contributed by atoms with Gasteiger partial charge in [0.15, 0.2) is 10.8 Å². The molecule has 0 aliphatic carbocycles. The van der Waals surface area contributed by atoms with Gasteiger partial charge in [-0.15, -0.1) is 0 Å². The molecule has 0 radical (unpaired) electrons. The van der Waals surface area contributed by atoms with E-state index in [1.807, 2.05) is 0 Å². The first-order chi connectivity index (χ1) is 9.58. The number of rotatable bonds is 6. The van der Waals surface area contributed by atoms with E-state index in [1.165, 1.54) is 0 Å². The summed E-state index contributed by atoms with van der Waals surface area (Å²) in [6, 6.07) is 3.52. The molecule has 0 bridgehead atoms. The molecule has 2 aromatic rings. The fourth-order valence-corrected chi connectivity index (χ4v) is 2.36. The van der Waals surface area contributed by atoms with Crippen LogP contribution in [0.2, 0.25) is 0 Å². The lowest BCUT2D eigenvalue weighted by Gasteiger charge is -2.07. The molecular weight excluding hydrogens is 284 g/mol. The van der Waals surface area contributed by atoms with Crippen LogP contribution in [0.3, 0.4) is 0 Å². The number of hydrogen-bond acceptors (Lipinski definition) is 6. The van der Waals surface area contributed by atoms with E-state index < -0.39 is 12.1 Å². The minimum Gasteiger partial charge on any atom is -0.481 e. The summed E-state index contributed by atoms with van der Waals surface area (Å²) < 4.78 is 6.38. The Bertz CT molecular complexity index is 642. The van der Waals surface area contributed by atoms with Gasteiger partial charge in [-0.25, -0.2) is 14.8 Å². The molecule has 3 N–H and O–H groups in total. The van der Waals surface area contributed by atoms with Gasteiger partial charge in [-0.2, -0.15) is 0 Å². The third kappa shape index (κ3) is 3.38. The van der Waals surface area contributed by atoms with Gasteiger partial charge in [0.1, 0.15) is 12.1 Å². The molecule has 2 rings (SSSR count). The van der Waals surface area contributed by atoms with Crippen LogP contribution in [0.25, 0.3) is 11.2 Å². The highest BCUT2D eigenvalue weighted by atomic mass is 32.2. The van der Waals surface area contributed by atoms with Gasteiger partial charge in [0, 0.05) is 6.20 Å². The number of carbonyl (C=O) groups is 2. The number of ether oxygens (including phenoxy) is 1. The number of nitrogens with zero attached hydrogens (tertiary/aromatic N) is 3. The Labute approximate surface area is 117 Å². The maximum atomic E-state index is 10.6. The van der Waals surface area contributed by atoms with E-state index in [9.17, 15) is 9.59 Å². The van der Waals surface area contributed by atoms with Gasteiger partial charge in [-0.1, -0.05) is 11.8 Å². The molecule has 0 aliphatic heterocycles. The number of fused-ring (bicyclic) bond motifs is 1. The number of nitrogens with two attached hydrogens (primary N) is 1. The lowest BCUT2D eigenvalue weighted by atomic mass is 10.4.